The molecule has 1 aromatic heterocycles. The normalized spacial score (nSPS) is 14.9. The van der Waals surface area contributed by atoms with Crippen LogP contribution in [-0.2, 0) is 11.2 Å². The van der Waals surface area contributed by atoms with Crippen LogP contribution < -0.4 is 10.1 Å². The Morgan fingerprint density at radius 3 is 2.74 bits per heavy atom. The number of aromatic nitrogens is 2. The lowest BCUT2D eigenvalue weighted by Gasteiger charge is -2.26. The number of hydrogen-bond donors (Lipinski definition) is 1. The predicted molar refractivity (Wildman–Crippen MR) is 103 cm³/mol. The fourth-order valence-electron chi connectivity index (χ4n) is 3.19. The van der Waals surface area contributed by atoms with E-state index in [1.807, 2.05) is 31.2 Å². The summed E-state index contributed by atoms with van der Waals surface area (Å²) in [5.41, 5.74) is 0.861. The third-order valence-electron chi connectivity index (χ3n) is 4.66. The molecule has 0 atom stereocenters. The molecule has 1 amide bonds. The van der Waals surface area contributed by atoms with E-state index in [2.05, 4.69) is 20.4 Å². The smallest absolute Gasteiger partial charge is 0.227 e. The Labute approximate surface area is 160 Å². The van der Waals surface area contributed by atoms with E-state index in [1.54, 1.807) is 0 Å². The SMILES string of the molecule is CCOc1ccc(-c2noc(CCC(=O)NCCN3CCCCC3)n2)cc1. The molecule has 0 saturated carbocycles. The minimum Gasteiger partial charge on any atom is -0.494 e. The highest BCUT2D eigenvalue weighted by Gasteiger charge is 2.12. The Kier molecular flexibility index (Phi) is 7.21. The van der Waals surface area contributed by atoms with Crippen LogP contribution in [0.2, 0.25) is 0 Å². The summed E-state index contributed by atoms with van der Waals surface area (Å²) in [4.78, 5) is 18.8. The summed E-state index contributed by atoms with van der Waals surface area (Å²) >= 11 is 0. The third-order valence-corrected chi connectivity index (χ3v) is 4.66. The number of nitrogens with zero attached hydrogens (tertiary/aromatic N) is 3. The number of nitrogens with one attached hydrogen (secondary N) is 1. The molecule has 1 N–H and O–H groups in total. The number of rotatable bonds is 9. The lowest BCUT2D eigenvalue weighted by atomic mass is 10.1. The van der Waals surface area contributed by atoms with Crippen LogP contribution in [0.5, 0.6) is 5.75 Å². The molecule has 146 valence electrons. The molecule has 0 bridgehead atoms. The summed E-state index contributed by atoms with van der Waals surface area (Å²) in [5, 5.41) is 6.97. The minimum absolute atomic E-state index is 0.0211. The van der Waals surface area contributed by atoms with Crippen molar-refractivity contribution in [3.63, 3.8) is 0 Å². The summed E-state index contributed by atoms with van der Waals surface area (Å²) in [7, 11) is 0. The summed E-state index contributed by atoms with van der Waals surface area (Å²) in [6, 6.07) is 7.55. The van der Waals surface area contributed by atoms with E-state index in [0.717, 1.165) is 30.9 Å². The number of ether oxygens (including phenoxy) is 1. The van der Waals surface area contributed by atoms with Crippen LogP contribution in [0.4, 0.5) is 0 Å². The van der Waals surface area contributed by atoms with Gasteiger partial charge in [-0.25, -0.2) is 0 Å². The van der Waals surface area contributed by atoms with E-state index >= 15 is 0 Å². The molecule has 1 aliphatic heterocycles. The monoisotopic (exact) mass is 372 g/mol. The maximum Gasteiger partial charge on any atom is 0.227 e. The number of likely N-dealkylation sites (tertiary alicyclic amines) is 1. The van der Waals surface area contributed by atoms with Crippen LogP contribution in [0.15, 0.2) is 28.8 Å². The van der Waals surface area contributed by atoms with Gasteiger partial charge < -0.3 is 19.5 Å². The second-order valence-electron chi connectivity index (χ2n) is 6.72. The molecule has 1 aliphatic rings. The van der Waals surface area contributed by atoms with Gasteiger partial charge in [0.2, 0.25) is 17.6 Å². The number of carbonyl (C=O) groups is 1. The lowest BCUT2D eigenvalue weighted by molar-refractivity contribution is -0.121. The van der Waals surface area contributed by atoms with Crippen LogP contribution in [0.3, 0.4) is 0 Å². The number of benzene rings is 1. The Balaban J connectivity index is 1.40. The average molecular weight is 372 g/mol. The predicted octanol–water partition coefficient (Wildman–Crippen LogP) is 2.67. The number of amides is 1. The van der Waals surface area contributed by atoms with E-state index in [1.165, 1.54) is 19.3 Å². The van der Waals surface area contributed by atoms with Gasteiger partial charge in [-0.1, -0.05) is 11.6 Å². The molecule has 27 heavy (non-hydrogen) atoms. The van der Waals surface area contributed by atoms with Gasteiger partial charge in [0.05, 0.1) is 6.61 Å². The molecule has 0 aliphatic carbocycles. The van der Waals surface area contributed by atoms with Gasteiger partial charge in [-0.2, -0.15) is 4.98 Å². The first-order valence-corrected chi connectivity index (χ1v) is 9.79. The minimum atomic E-state index is 0.0211. The highest BCUT2D eigenvalue weighted by Crippen LogP contribution is 2.20. The molecule has 2 heterocycles. The van der Waals surface area contributed by atoms with Gasteiger partial charge >= 0.3 is 0 Å². The lowest BCUT2D eigenvalue weighted by Crippen LogP contribution is -2.37. The Morgan fingerprint density at radius 2 is 2.00 bits per heavy atom. The average Bonchev–Trinajstić information content (AvgIpc) is 3.17. The third kappa shape index (κ3) is 6.06. The van der Waals surface area contributed by atoms with Gasteiger partial charge in [0.1, 0.15) is 5.75 Å². The van der Waals surface area contributed by atoms with Crippen LogP contribution in [-0.4, -0.2) is 53.7 Å². The number of carbonyl (C=O) groups excluding carboxylic acids is 1. The van der Waals surface area contributed by atoms with Gasteiger partial charge in [-0.3, -0.25) is 4.79 Å². The zero-order valence-electron chi connectivity index (χ0n) is 15.9. The molecule has 0 unspecified atom stereocenters. The standard InChI is InChI=1S/C20H28N4O3/c1-2-26-17-8-6-16(7-9-17)20-22-19(27-23-20)11-10-18(25)21-12-15-24-13-4-3-5-14-24/h6-9H,2-5,10-15H2,1H3,(H,21,25). The molecule has 1 saturated heterocycles. The molecule has 0 radical (unpaired) electrons. The van der Waals surface area contributed by atoms with E-state index in [9.17, 15) is 4.79 Å². The Morgan fingerprint density at radius 1 is 1.22 bits per heavy atom. The number of piperidine rings is 1. The van der Waals surface area contributed by atoms with Crippen LogP contribution in [0.1, 0.15) is 38.5 Å². The van der Waals surface area contributed by atoms with Gasteiger partial charge in [0, 0.05) is 31.5 Å². The first-order chi connectivity index (χ1) is 13.2. The van der Waals surface area contributed by atoms with Crippen molar-refractivity contribution in [3.8, 4) is 17.1 Å². The van der Waals surface area contributed by atoms with E-state index in [0.29, 0.717) is 37.7 Å². The highest BCUT2D eigenvalue weighted by atomic mass is 16.5. The maximum atomic E-state index is 12.0. The molecule has 7 heteroatoms. The van der Waals surface area contributed by atoms with Crippen molar-refractivity contribution in [3.05, 3.63) is 30.2 Å². The number of hydrogen-bond acceptors (Lipinski definition) is 6. The molecule has 1 fully saturated rings. The Bertz CT molecular complexity index is 708. The van der Waals surface area contributed by atoms with Crippen LogP contribution in [0.25, 0.3) is 11.4 Å². The second kappa shape index (κ2) is 10.1. The summed E-state index contributed by atoms with van der Waals surface area (Å²) in [5.74, 6) is 1.84. The molecular formula is C20H28N4O3. The number of aryl methyl sites for hydroxylation is 1. The zero-order chi connectivity index (χ0) is 18.9. The Hall–Kier alpha value is -2.41. The van der Waals surface area contributed by atoms with Crippen molar-refractivity contribution in [2.75, 3.05) is 32.8 Å². The topological polar surface area (TPSA) is 80.5 Å². The fraction of sp³-hybridized carbons (Fsp3) is 0.550. The summed E-state index contributed by atoms with van der Waals surface area (Å²) < 4.78 is 10.7. The van der Waals surface area contributed by atoms with Crippen molar-refractivity contribution in [2.24, 2.45) is 0 Å². The summed E-state index contributed by atoms with van der Waals surface area (Å²) in [6.45, 7) is 6.49. The van der Waals surface area contributed by atoms with Crippen LogP contribution in [0, 0.1) is 0 Å². The first kappa shape index (κ1) is 19.4. The van der Waals surface area contributed by atoms with Crippen LogP contribution >= 0.6 is 0 Å². The van der Waals surface area contributed by atoms with E-state index in [4.69, 9.17) is 9.26 Å². The molecule has 7 nitrogen and oxygen atoms in total. The van der Waals surface area contributed by atoms with Gasteiger partial charge in [0.15, 0.2) is 0 Å². The highest BCUT2D eigenvalue weighted by molar-refractivity contribution is 5.76. The quantitative estimate of drug-likeness (QED) is 0.729. The van der Waals surface area contributed by atoms with E-state index < -0.39 is 0 Å². The van der Waals surface area contributed by atoms with Crippen molar-refractivity contribution >= 4 is 5.91 Å². The van der Waals surface area contributed by atoms with Crippen molar-refractivity contribution < 1.29 is 14.1 Å². The molecule has 0 spiro atoms. The van der Waals surface area contributed by atoms with Gasteiger partial charge in [-0.15, -0.1) is 0 Å². The molecular weight excluding hydrogens is 344 g/mol. The largest absolute Gasteiger partial charge is 0.494 e. The van der Waals surface area contributed by atoms with E-state index in [-0.39, 0.29) is 5.91 Å². The van der Waals surface area contributed by atoms with Crippen molar-refractivity contribution in [1.82, 2.24) is 20.4 Å². The van der Waals surface area contributed by atoms with Crippen molar-refractivity contribution in [2.45, 2.75) is 39.0 Å². The molecule has 1 aromatic carbocycles. The van der Waals surface area contributed by atoms with Crippen molar-refractivity contribution in [1.29, 1.82) is 0 Å². The zero-order valence-corrected chi connectivity index (χ0v) is 15.9. The fourth-order valence-corrected chi connectivity index (χ4v) is 3.19. The maximum absolute atomic E-state index is 12.0. The molecule has 2 aromatic rings. The second-order valence-corrected chi connectivity index (χ2v) is 6.72. The summed E-state index contributed by atoms with van der Waals surface area (Å²) in [6.07, 6.45) is 4.65. The van der Waals surface area contributed by atoms with Gasteiger partial charge in [-0.05, 0) is 57.1 Å². The first-order valence-electron chi connectivity index (χ1n) is 9.79. The van der Waals surface area contributed by atoms with Gasteiger partial charge in [0.25, 0.3) is 0 Å². The molecule has 3 rings (SSSR count).